The average molecular weight is 178 g/mol. The van der Waals surface area contributed by atoms with E-state index in [2.05, 4.69) is 11.1 Å². The average Bonchev–Trinajstić information content (AvgIpc) is 2.03. The van der Waals surface area contributed by atoms with Crippen LogP contribution in [0.4, 0.5) is 5.82 Å². The van der Waals surface area contributed by atoms with E-state index in [0.717, 1.165) is 12.4 Å². The van der Waals surface area contributed by atoms with Gasteiger partial charge in [-0.1, -0.05) is 0 Å². The van der Waals surface area contributed by atoms with Crippen LogP contribution in [-0.2, 0) is 0 Å². The molecule has 1 heterocycles. The second-order valence-electron chi connectivity index (χ2n) is 3.96. The van der Waals surface area contributed by atoms with Crippen molar-refractivity contribution in [3.63, 3.8) is 0 Å². The lowest BCUT2D eigenvalue weighted by atomic mass is 10.1. The minimum Gasteiger partial charge on any atom is -0.358 e. The van der Waals surface area contributed by atoms with E-state index in [1.807, 2.05) is 37.9 Å². The summed E-state index contributed by atoms with van der Waals surface area (Å²) < 4.78 is 0. The van der Waals surface area contributed by atoms with Gasteiger partial charge in [-0.2, -0.15) is 0 Å². The molecule has 0 atom stereocenters. The summed E-state index contributed by atoms with van der Waals surface area (Å²) in [5.74, 6) is 0.928. The van der Waals surface area contributed by atoms with Crippen LogP contribution in [0.2, 0.25) is 0 Å². The smallest absolute Gasteiger partial charge is 0.128 e. The Hall–Kier alpha value is -1.09. The number of nitrogens with two attached hydrogens (primary N) is 1. The van der Waals surface area contributed by atoms with Crippen LogP contribution in [0.1, 0.15) is 13.8 Å². The lowest BCUT2D eigenvalue weighted by Gasteiger charge is -2.27. The van der Waals surface area contributed by atoms with Gasteiger partial charge in [0.25, 0.3) is 0 Å². The summed E-state index contributed by atoms with van der Waals surface area (Å²) in [6, 6.07) is 6.65. The minimum absolute atomic E-state index is 0.198. The molecule has 0 amide bonds. The SMILES string of the molecule is CN(CC(C)(C)N)c1cc[c]cn1. The van der Waals surface area contributed by atoms with E-state index in [4.69, 9.17) is 5.73 Å². The summed E-state index contributed by atoms with van der Waals surface area (Å²) in [4.78, 5) is 6.21. The van der Waals surface area contributed by atoms with Crippen LogP contribution in [0.3, 0.4) is 0 Å². The summed E-state index contributed by atoms with van der Waals surface area (Å²) in [7, 11) is 1.98. The van der Waals surface area contributed by atoms with Crippen LogP contribution < -0.4 is 10.6 Å². The van der Waals surface area contributed by atoms with Crippen molar-refractivity contribution in [2.45, 2.75) is 19.4 Å². The van der Waals surface area contributed by atoms with Crippen molar-refractivity contribution in [2.24, 2.45) is 5.73 Å². The first-order valence-corrected chi connectivity index (χ1v) is 4.31. The van der Waals surface area contributed by atoms with Gasteiger partial charge in [-0.25, -0.2) is 4.98 Å². The van der Waals surface area contributed by atoms with Crippen LogP contribution >= 0.6 is 0 Å². The van der Waals surface area contributed by atoms with Gasteiger partial charge >= 0.3 is 0 Å². The van der Waals surface area contributed by atoms with Crippen molar-refractivity contribution >= 4 is 5.82 Å². The molecule has 71 valence electrons. The molecule has 0 aliphatic carbocycles. The maximum absolute atomic E-state index is 5.90. The Balaban J connectivity index is 2.64. The molecule has 0 spiro atoms. The van der Waals surface area contributed by atoms with Gasteiger partial charge in [0, 0.05) is 31.4 Å². The van der Waals surface area contributed by atoms with Crippen LogP contribution in [0.5, 0.6) is 0 Å². The predicted molar refractivity (Wildman–Crippen MR) is 54.6 cm³/mol. The molecule has 13 heavy (non-hydrogen) atoms. The molecule has 0 saturated heterocycles. The fourth-order valence-corrected chi connectivity index (χ4v) is 1.23. The summed E-state index contributed by atoms with van der Waals surface area (Å²) in [5, 5.41) is 0. The number of pyridine rings is 1. The molecule has 1 radical (unpaired) electrons. The van der Waals surface area contributed by atoms with Crippen molar-refractivity contribution < 1.29 is 0 Å². The number of likely N-dealkylation sites (N-methyl/N-ethyl adjacent to an activating group) is 1. The highest BCUT2D eigenvalue weighted by molar-refractivity contribution is 5.36. The van der Waals surface area contributed by atoms with E-state index >= 15 is 0 Å². The number of aromatic nitrogens is 1. The number of nitrogens with zero attached hydrogens (tertiary/aromatic N) is 2. The Kier molecular flexibility index (Phi) is 2.88. The van der Waals surface area contributed by atoms with Crippen LogP contribution in [0.25, 0.3) is 0 Å². The molecule has 2 N–H and O–H groups in total. The van der Waals surface area contributed by atoms with Crippen molar-refractivity contribution in [1.82, 2.24) is 4.98 Å². The highest BCUT2D eigenvalue weighted by Gasteiger charge is 2.14. The number of anilines is 1. The zero-order valence-corrected chi connectivity index (χ0v) is 8.41. The van der Waals surface area contributed by atoms with Crippen molar-refractivity contribution in [1.29, 1.82) is 0 Å². The standard InChI is InChI=1S/C10H16N3/c1-10(2,11)8-13(3)9-6-4-5-7-12-9/h4,6-7H,8,11H2,1-3H3. The van der Waals surface area contributed by atoms with Crippen molar-refractivity contribution in [3.8, 4) is 0 Å². The zero-order chi connectivity index (χ0) is 9.90. The highest BCUT2D eigenvalue weighted by atomic mass is 15.2. The van der Waals surface area contributed by atoms with Crippen molar-refractivity contribution in [3.05, 3.63) is 24.4 Å². The summed E-state index contributed by atoms with van der Waals surface area (Å²) in [5.41, 5.74) is 5.70. The van der Waals surface area contributed by atoms with E-state index < -0.39 is 0 Å². The van der Waals surface area contributed by atoms with E-state index in [-0.39, 0.29) is 5.54 Å². The second kappa shape index (κ2) is 3.75. The molecule has 0 bridgehead atoms. The third kappa shape index (κ3) is 3.42. The van der Waals surface area contributed by atoms with Gasteiger partial charge in [0.15, 0.2) is 0 Å². The summed E-state index contributed by atoms with van der Waals surface area (Å²) in [6.45, 7) is 4.78. The molecule has 0 unspecified atom stereocenters. The first-order chi connectivity index (χ1) is 5.99. The Morgan fingerprint density at radius 2 is 2.31 bits per heavy atom. The first-order valence-electron chi connectivity index (χ1n) is 4.31. The molecule has 1 rings (SSSR count). The Morgan fingerprint density at radius 3 is 2.77 bits per heavy atom. The molecule has 0 aromatic carbocycles. The van der Waals surface area contributed by atoms with Gasteiger partial charge in [-0.05, 0) is 26.0 Å². The third-order valence-electron chi connectivity index (χ3n) is 1.64. The number of hydrogen-bond acceptors (Lipinski definition) is 3. The fraction of sp³-hybridized carbons (Fsp3) is 0.500. The van der Waals surface area contributed by atoms with Crippen LogP contribution in [0, 0.1) is 6.07 Å². The Morgan fingerprint density at radius 1 is 1.62 bits per heavy atom. The molecule has 3 nitrogen and oxygen atoms in total. The highest BCUT2D eigenvalue weighted by Crippen LogP contribution is 2.09. The molecule has 1 aromatic heterocycles. The molecule has 0 aliphatic rings. The molecule has 0 fully saturated rings. The topological polar surface area (TPSA) is 42.1 Å². The Labute approximate surface area is 79.6 Å². The van der Waals surface area contributed by atoms with Crippen LogP contribution in [0.15, 0.2) is 18.3 Å². The van der Waals surface area contributed by atoms with Gasteiger partial charge in [0.05, 0.1) is 0 Å². The van der Waals surface area contributed by atoms with E-state index in [0.29, 0.717) is 0 Å². The normalized spacial score (nSPS) is 11.4. The Bertz CT molecular complexity index is 251. The lowest BCUT2D eigenvalue weighted by Crippen LogP contribution is -2.44. The molecular formula is C10H16N3. The molecule has 0 saturated carbocycles. The number of rotatable bonds is 3. The second-order valence-corrected chi connectivity index (χ2v) is 3.96. The molecular weight excluding hydrogens is 162 g/mol. The minimum atomic E-state index is -0.198. The van der Waals surface area contributed by atoms with Gasteiger partial charge in [-0.15, -0.1) is 0 Å². The molecule has 3 heteroatoms. The van der Waals surface area contributed by atoms with Crippen LogP contribution in [-0.4, -0.2) is 24.1 Å². The first kappa shape index (κ1) is 9.99. The molecule has 0 aliphatic heterocycles. The maximum atomic E-state index is 5.90. The monoisotopic (exact) mass is 178 g/mol. The van der Waals surface area contributed by atoms with E-state index in [1.54, 1.807) is 6.20 Å². The number of hydrogen-bond donors (Lipinski definition) is 1. The van der Waals surface area contributed by atoms with Gasteiger partial charge < -0.3 is 10.6 Å². The van der Waals surface area contributed by atoms with E-state index in [1.165, 1.54) is 0 Å². The maximum Gasteiger partial charge on any atom is 0.128 e. The molecule has 1 aromatic rings. The van der Waals surface area contributed by atoms with Crippen molar-refractivity contribution in [2.75, 3.05) is 18.5 Å². The van der Waals surface area contributed by atoms with Gasteiger partial charge in [0.1, 0.15) is 5.82 Å². The lowest BCUT2D eigenvalue weighted by molar-refractivity contribution is 0.517. The largest absolute Gasteiger partial charge is 0.358 e. The van der Waals surface area contributed by atoms with Gasteiger partial charge in [-0.3, -0.25) is 0 Å². The predicted octanol–water partition coefficient (Wildman–Crippen LogP) is 1.06. The third-order valence-corrected chi connectivity index (χ3v) is 1.64. The quantitative estimate of drug-likeness (QED) is 0.752. The summed E-state index contributed by atoms with van der Waals surface area (Å²) in [6.07, 6.45) is 1.66. The summed E-state index contributed by atoms with van der Waals surface area (Å²) >= 11 is 0. The fourth-order valence-electron chi connectivity index (χ4n) is 1.23. The van der Waals surface area contributed by atoms with E-state index in [9.17, 15) is 0 Å². The van der Waals surface area contributed by atoms with Gasteiger partial charge in [0.2, 0.25) is 0 Å². The zero-order valence-electron chi connectivity index (χ0n) is 8.41.